The third-order valence-electron chi connectivity index (χ3n) is 10.8. The molecule has 16 nitrogen and oxygen atoms in total. The fourth-order valence-corrected chi connectivity index (χ4v) is 8.07. The van der Waals surface area contributed by atoms with Crippen LogP contribution in [-0.2, 0) is 21.9 Å². The number of alkyl halides is 6. The summed E-state index contributed by atoms with van der Waals surface area (Å²) in [5, 5.41) is 18.6. The number of para-hydroxylation sites is 1. The number of carbonyl (C=O) groups is 2. The van der Waals surface area contributed by atoms with Gasteiger partial charge < -0.3 is 29.8 Å². The van der Waals surface area contributed by atoms with Crippen LogP contribution in [0.15, 0.2) is 84.0 Å². The van der Waals surface area contributed by atoms with Gasteiger partial charge in [-0.15, -0.1) is 0 Å². The van der Waals surface area contributed by atoms with E-state index in [-0.39, 0.29) is 116 Å². The minimum absolute atomic E-state index is 0. The van der Waals surface area contributed by atoms with Crippen molar-refractivity contribution >= 4 is 68.5 Å². The molecule has 2 fully saturated rings. The number of piperazine rings is 2. The average molecular weight is 1030 g/mol. The fourth-order valence-electron chi connectivity index (χ4n) is 7.62. The van der Waals surface area contributed by atoms with Crippen molar-refractivity contribution in [2.75, 3.05) is 62.2 Å². The van der Waals surface area contributed by atoms with Crippen molar-refractivity contribution < 1.29 is 54.9 Å². The summed E-state index contributed by atoms with van der Waals surface area (Å²) in [5.74, 6) is -5.06. The number of phenols is 2. The first-order chi connectivity index (χ1) is 32.1. The number of amides is 2. The predicted octanol–water partition coefficient (Wildman–Crippen LogP) is 7.54. The third kappa shape index (κ3) is 10.0. The molecule has 2 aliphatic heterocycles. The number of aromatic hydroxyl groups is 2. The maximum absolute atomic E-state index is 14.8. The number of anilines is 2. The van der Waals surface area contributed by atoms with E-state index in [0.717, 1.165) is 43.0 Å². The minimum atomic E-state index is -5.16. The molecule has 0 atom stereocenters. The standard InChI is InChI=1S/C21H15Cl2F4N5O3.C21H17F4N5O3.2CH4/c1-2-14(33)30-3-5-31(6-4-30)19-10-7-13(21(25,26)27)32(20(35)16(10)28-9-29-19)17-15(24)11(22)8-12(23)18(17)34;1-2-16(32)28-6-8-29(9-7-28)19-12-10-15(21(23,24)25)30(20(33)17(12)26-11-27-19)18-13(22)4-3-5-14(18)31;;/h2,7-9,34H,1,3-6H2;2-5,10-11,31H,1,6-9H2;2*1H4. The first-order valence-electron chi connectivity index (χ1n) is 19.7. The van der Waals surface area contributed by atoms with Crippen molar-refractivity contribution in [2.24, 2.45) is 0 Å². The number of nitrogens with zero attached hydrogens (tertiary/aromatic N) is 10. The molecule has 372 valence electrons. The van der Waals surface area contributed by atoms with Crippen LogP contribution in [0.4, 0.5) is 46.8 Å². The molecule has 2 aliphatic rings. The first kappa shape index (κ1) is 53.6. The van der Waals surface area contributed by atoms with Gasteiger partial charge in [0.15, 0.2) is 17.4 Å². The molecule has 2 aromatic carbocycles. The number of benzene rings is 2. The van der Waals surface area contributed by atoms with E-state index in [1.165, 1.54) is 15.9 Å². The van der Waals surface area contributed by atoms with Gasteiger partial charge in [0.05, 0.1) is 20.8 Å². The number of pyridine rings is 2. The molecule has 0 spiro atoms. The Kier molecular flexibility index (Phi) is 15.9. The van der Waals surface area contributed by atoms with Crippen molar-refractivity contribution in [3.05, 3.63) is 128 Å². The summed E-state index contributed by atoms with van der Waals surface area (Å²) in [5.41, 5.74) is -8.62. The van der Waals surface area contributed by atoms with Crippen LogP contribution in [0.5, 0.6) is 11.5 Å². The van der Waals surface area contributed by atoms with E-state index in [9.17, 15) is 64.5 Å². The lowest BCUT2D eigenvalue weighted by molar-refractivity contribution is -0.143. The van der Waals surface area contributed by atoms with Crippen LogP contribution in [0.25, 0.3) is 33.2 Å². The quantitative estimate of drug-likeness (QED) is 0.0952. The number of hydrogen-bond donors (Lipinski definition) is 2. The molecule has 6 aromatic rings. The Balaban J connectivity index is 0.000000254. The van der Waals surface area contributed by atoms with Gasteiger partial charge in [0, 0.05) is 52.4 Å². The zero-order valence-electron chi connectivity index (χ0n) is 34.6. The van der Waals surface area contributed by atoms with Crippen LogP contribution < -0.4 is 20.9 Å². The van der Waals surface area contributed by atoms with E-state index in [1.54, 1.807) is 9.80 Å². The lowest BCUT2D eigenvalue weighted by Gasteiger charge is -2.35. The molecule has 8 rings (SSSR count). The third-order valence-corrected chi connectivity index (χ3v) is 11.4. The van der Waals surface area contributed by atoms with Gasteiger partial charge in [-0.05, 0) is 42.5 Å². The summed E-state index contributed by atoms with van der Waals surface area (Å²) in [6, 6.07) is 4.98. The van der Waals surface area contributed by atoms with E-state index in [0.29, 0.717) is 12.1 Å². The maximum atomic E-state index is 14.8. The summed E-state index contributed by atoms with van der Waals surface area (Å²) < 4.78 is 114. The van der Waals surface area contributed by atoms with Crippen LogP contribution in [0.1, 0.15) is 26.2 Å². The average Bonchev–Trinajstić information content (AvgIpc) is 3.31. The number of hydrogen-bond acceptors (Lipinski definition) is 12. The molecular formula is C44H40Cl2F8N10O6. The topological polar surface area (TPSA) is 183 Å². The van der Waals surface area contributed by atoms with Crippen molar-refractivity contribution in [3.8, 4) is 22.9 Å². The molecule has 0 unspecified atom stereocenters. The summed E-state index contributed by atoms with van der Waals surface area (Å²) in [6.07, 6.45) is -5.89. The molecule has 2 N–H and O–H groups in total. The van der Waals surface area contributed by atoms with Gasteiger partial charge in [0.1, 0.15) is 63.8 Å². The summed E-state index contributed by atoms with van der Waals surface area (Å²) >= 11 is 11.5. The normalized spacial score (nSPS) is 14.1. The lowest BCUT2D eigenvalue weighted by atomic mass is 10.1. The molecular weight excluding hydrogens is 987 g/mol. The monoisotopic (exact) mass is 1030 g/mol. The van der Waals surface area contributed by atoms with Crippen molar-refractivity contribution in [1.82, 2.24) is 38.9 Å². The molecule has 26 heteroatoms. The van der Waals surface area contributed by atoms with E-state index in [1.807, 2.05) is 0 Å². The van der Waals surface area contributed by atoms with Crippen molar-refractivity contribution in [2.45, 2.75) is 27.2 Å². The van der Waals surface area contributed by atoms with Crippen molar-refractivity contribution in [3.63, 3.8) is 0 Å². The Morgan fingerprint density at radius 1 is 0.629 bits per heavy atom. The van der Waals surface area contributed by atoms with Crippen LogP contribution in [0, 0.1) is 11.6 Å². The molecule has 0 aliphatic carbocycles. The van der Waals surface area contributed by atoms with Crippen LogP contribution in [0.3, 0.4) is 0 Å². The first-order valence-corrected chi connectivity index (χ1v) is 20.5. The second-order valence-corrected chi connectivity index (χ2v) is 15.6. The number of halogens is 10. The van der Waals surface area contributed by atoms with E-state index >= 15 is 0 Å². The summed E-state index contributed by atoms with van der Waals surface area (Å²) in [6.45, 7) is 8.85. The SMILES string of the molecule is C.C.C=CC(=O)N1CCN(c2ncnc3c(=O)n(-c4c(O)c(Cl)cc(Cl)c4F)c(C(F)(F)F)cc23)CC1.C=CC(=O)N1CCN(c2ncnc3c(=O)n(-c4c(O)cccc4F)c(C(F)(F)F)cc23)CC1. The van der Waals surface area contributed by atoms with Gasteiger partial charge in [-0.25, -0.2) is 28.7 Å². The minimum Gasteiger partial charge on any atom is -0.506 e. The Labute approximate surface area is 401 Å². The predicted molar refractivity (Wildman–Crippen MR) is 245 cm³/mol. The van der Waals surface area contributed by atoms with E-state index in [2.05, 4.69) is 33.1 Å². The Morgan fingerprint density at radius 2 is 1.04 bits per heavy atom. The highest BCUT2D eigenvalue weighted by molar-refractivity contribution is 6.36. The highest BCUT2D eigenvalue weighted by atomic mass is 35.5. The second kappa shape index (κ2) is 20.7. The smallest absolute Gasteiger partial charge is 0.431 e. The summed E-state index contributed by atoms with van der Waals surface area (Å²) in [7, 11) is 0. The Morgan fingerprint density at radius 3 is 1.43 bits per heavy atom. The molecule has 4 aromatic heterocycles. The lowest BCUT2D eigenvalue weighted by Crippen LogP contribution is -2.48. The molecule has 0 radical (unpaired) electrons. The van der Waals surface area contributed by atoms with Gasteiger partial charge in [0.2, 0.25) is 11.8 Å². The molecule has 2 saturated heterocycles. The van der Waals surface area contributed by atoms with E-state index < -0.39 is 84.9 Å². The molecule has 0 saturated carbocycles. The van der Waals surface area contributed by atoms with E-state index in [4.69, 9.17) is 23.2 Å². The molecule has 0 bridgehead atoms. The van der Waals surface area contributed by atoms with Crippen LogP contribution >= 0.6 is 23.2 Å². The molecule has 70 heavy (non-hydrogen) atoms. The fraction of sp³-hybridized carbons (Fsp3) is 0.273. The van der Waals surface area contributed by atoms with Crippen LogP contribution in [0.2, 0.25) is 10.0 Å². The number of rotatable bonds is 6. The Bertz CT molecular complexity index is 3110. The summed E-state index contributed by atoms with van der Waals surface area (Å²) in [4.78, 5) is 72.1. The van der Waals surface area contributed by atoms with Gasteiger partial charge in [-0.1, -0.05) is 57.3 Å². The number of carbonyl (C=O) groups excluding carboxylic acids is 2. The van der Waals surface area contributed by atoms with Crippen molar-refractivity contribution in [1.29, 1.82) is 0 Å². The largest absolute Gasteiger partial charge is 0.506 e. The van der Waals surface area contributed by atoms with Gasteiger partial charge in [-0.2, -0.15) is 26.3 Å². The van der Waals surface area contributed by atoms with Gasteiger partial charge in [-0.3, -0.25) is 28.3 Å². The zero-order chi connectivity index (χ0) is 49.6. The number of fused-ring (bicyclic) bond motifs is 2. The van der Waals surface area contributed by atoms with Crippen LogP contribution in [-0.4, -0.2) is 113 Å². The van der Waals surface area contributed by atoms with Gasteiger partial charge in [0.25, 0.3) is 11.1 Å². The molecule has 6 heterocycles. The second-order valence-electron chi connectivity index (χ2n) is 14.7. The maximum Gasteiger partial charge on any atom is 0.431 e. The number of aromatic nitrogens is 6. The Hall–Kier alpha value is -7.34. The van der Waals surface area contributed by atoms with Gasteiger partial charge >= 0.3 is 12.4 Å². The molecule has 2 amide bonds. The highest BCUT2D eigenvalue weighted by Crippen LogP contribution is 2.41. The zero-order valence-corrected chi connectivity index (χ0v) is 36.1. The highest BCUT2D eigenvalue weighted by Gasteiger charge is 2.40. The number of phenolic OH excluding ortho intramolecular Hbond substituents is 2.